The van der Waals surface area contributed by atoms with E-state index in [1.165, 1.54) is 6.20 Å². The molecular formula is C8H4ClFN2O2. The number of nitrogens with zero attached hydrogens (tertiary/aromatic N) is 2. The molecule has 0 aliphatic heterocycles. The topological polar surface area (TPSA) is 54.6 Å². The highest BCUT2D eigenvalue weighted by Crippen LogP contribution is 2.17. The van der Waals surface area contributed by atoms with Gasteiger partial charge in [0, 0.05) is 6.20 Å². The smallest absolute Gasteiger partial charge is 0.372 e. The minimum atomic E-state index is -1.23. The van der Waals surface area contributed by atoms with Crippen LogP contribution in [-0.4, -0.2) is 20.5 Å². The summed E-state index contributed by atoms with van der Waals surface area (Å²) in [5, 5.41) is 8.83. The first-order valence-corrected chi connectivity index (χ1v) is 4.03. The van der Waals surface area contributed by atoms with Crippen LogP contribution in [0.2, 0.25) is 5.02 Å². The van der Waals surface area contributed by atoms with E-state index in [0.29, 0.717) is 0 Å². The largest absolute Gasteiger partial charge is 0.475 e. The molecule has 4 nitrogen and oxygen atoms in total. The molecule has 1 N–H and O–H groups in total. The summed E-state index contributed by atoms with van der Waals surface area (Å²) >= 11 is 5.58. The predicted molar refractivity (Wildman–Crippen MR) is 47.1 cm³/mol. The van der Waals surface area contributed by atoms with Crippen molar-refractivity contribution in [2.24, 2.45) is 0 Å². The lowest BCUT2D eigenvalue weighted by atomic mass is 10.4. The standard InChI is InChI=1S/C8H4ClFN2O2/c9-4-1-5(10)6-2-11-7(8(13)14)12(6)3-4/h1-3H,(H,13,14). The summed E-state index contributed by atoms with van der Waals surface area (Å²) in [7, 11) is 0. The zero-order chi connectivity index (χ0) is 10.3. The van der Waals surface area contributed by atoms with E-state index < -0.39 is 11.8 Å². The van der Waals surface area contributed by atoms with Gasteiger partial charge in [-0.15, -0.1) is 0 Å². The lowest BCUT2D eigenvalue weighted by Crippen LogP contribution is -2.03. The number of fused-ring (bicyclic) bond motifs is 1. The van der Waals surface area contributed by atoms with Crippen molar-refractivity contribution in [3.8, 4) is 0 Å². The van der Waals surface area contributed by atoms with Gasteiger partial charge in [0.05, 0.1) is 11.2 Å². The Bertz CT molecular complexity index is 523. The molecular weight excluding hydrogens is 211 g/mol. The molecule has 0 bridgehead atoms. The first-order valence-electron chi connectivity index (χ1n) is 3.65. The summed E-state index contributed by atoms with van der Waals surface area (Å²) in [5.41, 5.74) is 0.0896. The van der Waals surface area contributed by atoms with E-state index in [1.807, 2.05) is 0 Å². The molecule has 0 spiro atoms. The van der Waals surface area contributed by atoms with Crippen molar-refractivity contribution in [1.82, 2.24) is 9.38 Å². The van der Waals surface area contributed by atoms with Crippen molar-refractivity contribution >= 4 is 23.1 Å². The van der Waals surface area contributed by atoms with Gasteiger partial charge in [0.2, 0.25) is 5.82 Å². The highest BCUT2D eigenvalue weighted by Gasteiger charge is 2.13. The van der Waals surface area contributed by atoms with Gasteiger partial charge in [-0.2, -0.15) is 0 Å². The molecule has 0 atom stereocenters. The number of aromatic nitrogens is 2. The molecule has 0 aromatic carbocycles. The number of imidazole rings is 1. The van der Waals surface area contributed by atoms with E-state index in [-0.39, 0.29) is 16.4 Å². The van der Waals surface area contributed by atoms with Gasteiger partial charge in [0.15, 0.2) is 0 Å². The molecule has 0 fully saturated rings. The maximum atomic E-state index is 13.2. The number of carboxylic acid groups (broad SMARTS) is 1. The molecule has 0 aliphatic carbocycles. The summed E-state index contributed by atoms with van der Waals surface area (Å²) in [6.45, 7) is 0. The maximum absolute atomic E-state index is 13.2. The normalized spacial score (nSPS) is 10.7. The Labute approximate surface area is 82.6 Å². The van der Waals surface area contributed by atoms with Crippen molar-refractivity contribution in [3.05, 3.63) is 35.1 Å². The Morgan fingerprint density at radius 2 is 2.36 bits per heavy atom. The van der Waals surface area contributed by atoms with Gasteiger partial charge >= 0.3 is 5.97 Å². The van der Waals surface area contributed by atoms with Crippen LogP contribution in [0.4, 0.5) is 4.39 Å². The van der Waals surface area contributed by atoms with Gasteiger partial charge in [-0.1, -0.05) is 11.6 Å². The molecule has 0 amide bonds. The summed E-state index contributed by atoms with van der Waals surface area (Å²) in [4.78, 5) is 14.2. The first kappa shape index (κ1) is 8.96. The molecule has 0 aliphatic rings. The van der Waals surface area contributed by atoms with Gasteiger partial charge in [-0.25, -0.2) is 14.2 Å². The van der Waals surface area contributed by atoms with Crippen LogP contribution in [0.15, 0.2) is 18.5 Å². The first-order chi connectivity index (χ1) is 6.59. The summed E-state index contributed by atoms with van der Waals surface area (Å²) in [6.07, 6.45) is 2.45. The van der Waals surface area contributed by atoms with Crippen LogP contribution in [0.1, 0.15) is 10.6 Å². The number of pyridine rings is 1. The Kier molecular flexibility index (Phi) is 1.89. The number of hydrogen-bond donors (Lipinski definition) is 1. The third-order valence-electron chi connectivity index (χ3n) is 1.75. The van der Waals surface area contributed by atoms with Crippen molar-refractivity contribution in [1.29, 1.82) is 0 Å². The van der Waals surface area contributed by atoms with Crippen LogP contribution in [0.5, 0.6) is 0 Å². The lowest BCUT2D eigenvalue weighted by molar-refractivity contribution is 0.0683. The van der Waals surface area contributed by atoms with Crippen LogP contribution >= 0.6 is 11.6 Å². The quantitative estimate of drug-likeness (QED) is 0.788. The fraction of sp³-hybridized carbons (Fsp3) is 0. The fourth-order valence-corrected chi connectivity index (χ4v) is 1.38. The second-order valence-corrected chi connectivity index (χ2v) is 3.08. The lowest BCUT2D eigenvalue weighted by Gasteiger charge is -1.98. The average Bonchev–Trinajstić information content (AvgIpc) is 2.47. The fourth-order valence-electron chi connectivity index (χ4n) is 1.18. The van der Waals surface area contributed by atoms with Gasteiger partial charge in [0.1, 0.15) is 11.3 Å². The van der Waals surface area contributed by atoms with Crippen LogP contribution in [0, 0.1) is 5.82 Å². The van der Waals surface area contributed by atoms with Crippen LogP contribution < -0.4 is 0 Å². The number of aromatic carboxylic acids is 1. The van der Waals surface area contributed by atoms with Gasteiger partial charge in [0.25, 0.3) is 0 Å². The van der Waals surface area contributed by atoms with Crippen molar-refractivity contribution < 1.29 is 14.3 Å². The van der Waals surface area contributed by atoms with E-state index in [1.54, 1.807) is 0 Å². The second-order valence-electron chi connectivity index (χ2n) is 2.65. The van der Waals surface area contributed by atoms with Crippen LogP contribution in [0.3, 0.4) is 0 Å². The zero-order valence-electron chi connectivity index (χ0n) is 6.74. The number of rotatable bonds is 1. The zero-order valence-corrected chi connectivity index (χ0v) is 7.49. The summed E-state index contributed by atoms with van der Waals surface area (Å²) < 4.78 is 14.3. The van der Waals surface area contributed by atoms with E-state index in [0.717, 1.165) is 16.7 Å². The number of carbonyl (C=O) groups is 1. The average molecular weight is 215 g/mol. The van der Waals surface area contributed by atoms with Crippen LogP contribution in [0.25, 0.3) is 5.52 Å². The van der Waals surface area contributed by atoms with Crippen molar-refractivity contribution in [2.45, 2.75) is 0 Å². The highest BCUT2D eigenvalue weighted by atomic mass is 35.5. The number of halogens is 2. The molecule has 0 saturated carbocycles. The minimum absolute atomic E-state index is 0.0896. The highest BCUT2D eigenvalue weighted by molar-refractivity contribution is 6.30. The van der Waals surface area contributed by atoms with E-state index in [4.69, 9.17) is 16.7 Å². The molecule has 2 rings (SSSR count). The predicted octanol–water partition coefficient (Wildman–Crippen LogP) is 1.82. The van der Waals surface area contributed by atoms with Crippen LogP contribution in [-0.2, 0) is 0 Å². The van der Waals surface area contributed by atoms with Crippen molar-refractivity contribution in [2.75, 3.05) is 0 Å². The second kappa shape index (κ2) is 2.95. The molecule has 0 unspecified atom stereocenters. The number of hydrogen-bond acceptors (Lipinski definition) is 2. The third kappa shape index (κ3) is 1.22. The molecule has 14 heavy (non-hydrogen) atoms. The van der Waals surface area contributed by atoms with Gasteiger partial charge < -0.3 is 5.11 Å². The minimum Gasteiger partial charge on any atom is -0.475 e. The van der Waals surface area contributed by atoms with Gasteiger partial charge in [-0.05, 0) is 6.07 Å². The molecule has 0 saturated heterocycles. The Morgan fingerprint density at radius 1 is 1.64 bits per heavy atom. The van der Waals surface area contributed by atoms with E-state index >= 15 is 0 Å². The molecule has 6 heteroatoms. The maximum Gasteiger partial charge on any atom is 0.372 e. The molecule has 72 valence electrons. The monoisotopic (exact) mass is 214 g/mol. The summed E-state index contributed by atoms with van der Waals surface area (Å²) in [6, 6.07) is 1.10. The number of carboxylic acids is 1. The Balaban J connectivity index is 2.85. The Morgan fingerprint density at radius 3 is 3.00 bits per heavy atom. The third-order valence-corrected chi connectivity index (χ3v) is 1.96. The summed E-state index contributed by atoms with van der Waals surface area (Å²) in [5.74, 6) is -2.09. The molecule has 2 aromatic rings. The van der Waals surface area contributed by atoms with E-state index in [9.17, 15) is 9.18 Å². The van der Waals surface area contributed by atoms with Crippen molar-refractivity contribution in [3.63, 3.8) is 0 Å². The van der Waals surface area contributed by atoms with Gasteiger partial charge in [-0.3, -0.25) is 4.40 Å². The molecule has 2 heterocycles. The SMILES string of the molecule is O=C(O)c1ncc2c(F)cc(Cl)cn12. The van der Waals surface area contributed by atoms with E-state index in [2.05, 4.69) is 4.98 Å². The molecule has 2 aromatic heterocycles. The Hall–Kier alpha value is -1.62. The molecule has 0 radical (unpaired) electrons.